The lowest BCUT2D eigenvalue weighted by Crippen LogP contribution is -2.22. The van der Waals surface area contributed by atoms with Gasteiger partial charge in [0, 0.05) is 43.8 Å². The Morgan fingerprint density at radius 3 is 2.74 bits per heavy atom. The molecule has 2 N–H and O–H groups in total. The summed E-state index contributed by atoms with van der Waals surface area (Å²) in [4.78, 5) is 11.8. The van der Waals surface area contributed by atoms with E-state index in [9.17, 15) is 5.11 Å². The Hall–Kier alpha value is -3.45. The summed E-state index contributed by atoms with van der Waals surface area (Å²) in [6.07, 6.45) is 5.92. The average molecular weight is 418 g/mol. The number of nitrogens with one attached hydrogen (secondary N) is 1. The Kier molecular flexibility index (Phi) is 6.43. The van der Waals surface area contributed by atoms with Gasteiger partial charge in [0.15, 0.2) is 0 Å². The molecule has 0 atom stereocenters. The van der Waals surface area contributed by atoms with Crippen LogP contribution in [0.25, 0.3) is 22.0 Å². The number of nitrogens with zero attached hydrogens (tertiary/aromatic N) is 4. The molecule has 0 aliphatic carbocycles. The second-order valence-corrected chi connectivity index (χ2v) is 7.53. The summed E-state index contributed by atoms with van der Waals surface area (Å²) in [6, 6.07) is 14.3. The number of fused-ring (bicyclic) bond motifs is 1. The number of hydrogen-bond donors (Lipinski definition) is 2. The summed E-state index contributed by atoms with van der Waals surface area (Å²) in [6.45, 7) is 0.865. The molecular formula is C24H27N5O2. The first kappa shape index (κ1) is 20.8. The largest absolute Gasteiger partial charge is 0.497 e. The molecule has 0 saturated heterocycles. The SMILES string of the molecule is COc1cccc(CCc2nc(N(C)CCCO)c3cc(-c4cn[nH]c4)ccc3n2)c1. The van der Waals surface area contributed by atoms with Crippen LogP contribution in [0.2, 0.25) is 0 Å². The molecule has 0 aliphatic heterocycles. The van der Waals surface area contributed by atoms with Crippen LogP contribution in [0.3, 0.4) is 0 Å². The number of benzene rings is 2. The van der Waals surface area contributed by atoms with E-state index in [2.05, 4.69) is 33.3 Å². The lowest BCUT2D eigenvalue weighted by Gasteiger charge is -2.20. The molecule has 0 spiro atoms. The minimum absolute atomic E-state index is 0.149. The minimum Gasteiger partial charge on any atom is -0.497 e. The number of ether oxygens (including phenoxy) is 1. The van der Waals surface area contributed by atoms with Crippen LogP contribution in [-0.2, 0) is 12.8 Å². The van der Waals surface area contributed by atoms with Crippen molar-refractivity contribution in [2.24, 2.45) is 0 Å². The normalized spacial score (nSPS) is 11.1. The molecule has 0 saturated carbocycles. The van der Waals surface area contributed by atoms with Crippen molar-refractivity contribution in [2.45, 2.75) is 19.3 Å². The Morgan fingerprint density at radius 1 is 1.06 bits per heavy atom. The van der Waals surface area contributed by atoms with Gasteiger partial charge in [-0.2, -0.15) is 5.10 Å². The predicted octanol–water partition coefficient (Wildman–Crippen LogP) is 3.63. The maximum atomic E-state index is 9.27. The second-order valence-electron chi connectivity index (χ2n) is 7.53. The van der Waals surface area contributed by atoms with Gasteiger partial charge in [-0.25, -0.2) is 9.97 Å². The highest BCUT2D eigenvalue weighted by molar-refractivity contribution is 5.93. The third kappa shape index (κ3) is 4.83. The molecule has 0 unspecified atom stereocenters. The number of rotatable bonds is 9. The fraction of sp³-hybridized carbons (Fsp3) is 0.292. The minimum atomic E-state index is 0.149. The van der Waals surface area contributed by atoms with Crippen LogP contribution in [0.5, 0.6) is 5.75 Å². The van der Waals surface area contributed by atoms with Gasteiger partial charge >= 0.3 is 0 Å². The summed E-state index contributed by atoms with van der Waals surface area (Å²) < 4.78 is 5.33. The number of anilines is 1. The van der Waals surface area contributed by atoms with Crippen molar-refractivity contribution in [1.82, 2.24) is 20.2 Å². The van der Waals surface area contributed by atoms with Gasteiger partial charge in [-0.05, 0) is 48.2 Å². The van der Waals surface area contributed by atoms with Crippen molar-refractivity contribution in [2.75, 3.05) is 32.2 Å². The van der Waals surface area contributed by atoms with Crippen LogP contribution in [0.4, 0.5) is 5.82 Å². The molecule has 0 aliphatic rings. The van der Waals surface area contributed by atoms with Crippen molar-refractivity contribution in [1.29, 1.82) is 0 Å². The Bertz CT molecular complexity index is 1140. The van der Waals surface area contributed by atoms with Gasteiger partial charge < -0.3 is 14.7 Å². The summed E-state index contributed by atoms with van der Waals surface area (Å²) >= 11 is 0. The highest BCUT2D eigenvalue weighted by atomic mass is 16.5. The number of aliphatic hydroxyl groups excluding tert-OH is 1. The molecule has 7 heteroatoms. The molecule has 2 aromatic heterocycles. The van der Waals surface area contributed by atoms with Crippen molar-refractivity contribution in [3.05, 3.63) is 66.2 Å². The van der Waals surface area contributed by atoms with Crippen molar-refractivity contribution < 1.29 is 9.84 Å². The first-order valence-electron chi connectivity index (χ1n) is 10.4. The molecule has 0 amide bonds. The van der Waals surface area contributed by atoms with Crippen LogP contribution in [0.15, 0.2) is 54.9 Å². The van der Waals surface area contributed by atoms with Gasteiger partial charge in [0.2, 0.25) is 0 Å². The number of hydrogen-bond acceptors (Lipinski definition) is 6. The van der Waals surface area contributed by atoms with Gasteiger partial charge in [0.05, 0.1) is 18.8 Å². The van der Waals surface area contributed by atoms with Crippen molar-refractivity contribution in [3.63, 3.8) is 0 Å². The van der Waals surface area contributed by atoms with E-state index in [-0.39, 0.29) is 6.61 Å². The number of aryl methyl sites for hydroxylation is 2. The molecule has 2 aromatic carbocycles. The van der Waals surface area contributed by atoms with E-state index >= 15 is 0 Å². The summed E-state index contributed by atoms with van der Waals surface area (Å²) in [5, 5.41) is 17.2. The van der Waals surface area contributed by atoms with Crippen LogP contribution in [0.1, 0.15) is 17.8 Å². The third-order valence-corrected chi connectivity index (χ3v) is 5.34. The maximum Gasteiger partial charge on any atom is 0.139 e. The fourth-order valence-corrected chi connectivity index (χ4v) is 3.65. The van der Waals surface area contributed by atoms with E-state index in [4.69, 9.17) is 14.7 Å². The van der Waals surface area contributed by atoms with E-state index < -0.39 is 0 Å². The lowest BCUT2D eigenvalue weighted by molar-refractivity contribution is 0.290. The van der Waals surface area contributed by atoms with Gasteiger partial charge in [0.25, 0.3) is 0 Å². The third-order valence-electron chi connectivity index (χ3n) is 5.34. The lowest BCUT2D eigenvalue weighted by atomic mass is 10.1. The molecule has 2 heterocycles. The van der Waals surface area contributed by atoms with E-state index in [1.54, 1.807) is 13.3 Å². The van der Waals surface area contributed by atoms with Gasteiger partial charge in [0.1, 0.15) is 17.4 Å². The molecule has 0 bridgehead atoms. The molecule has 0 fully saturated rings. The smallest absolute Gasteiger partial charge is 0.139 e. The number of aromatic amines is 1. The van der Waals surface area contributed by atoms with E-state index in [1.165, 1.54) is 5.56 Å². The average Bonchev–Trinajstić information content (AvgIpc) is 3.35. The number of aromatic nitrogens is 4. The first-order valence-corrected chi connectivity index (χ1v) is 10.4. The quantitative estimate of drug-likeness (QED) is 0.432. The van der Waals surface area contributed by atoms with E-state index in [1.807, 2.05) is 37.5 Å². The molecule has 4 rings (SSSR count). The zero-order valence-corrected chi connectivity index (χ0v) is 17.9. The highest BCUT2D eigenvalue weighted by Gasteiger charge is 2.14. The first-order chi connectivity index (χ1) is 15.2. The topological polar surface area (TPSA) is 87.2 Å². The standard InChI is InChI=1S/C24H27N5O2/c1-29(11-4-12-30)24-21-14-18(19-15-25-26-16-19)8-9-22(21)27-23(28-24)10-7-17-5-3-6-20(13-17)31-2/h3,5-6,8-9,13-16,30H,4,7,10-12H2,1-2H3,(H,25,26). The molecule has 0 radical (unpaired) electrons. The molecule has 7 nitrogen and oxygen atoms in total. The zero-order valence-electron chi connectivity index (χ0n) is 17.9. The zero-order chi connectivity index (χ0) is 21.6. The van der Waals surface area contributed by atoms with Gasteiger partial charge in [-0.1, -0.05) is 18.2 Å². The Morgan fingerprint density at radius 2 is 1.97 bits per heavy atom. The van der Waals surface area contributed by atoms with Crippen LogP contribution in [-0.4, -0.2) is 52.6 Å². The Labute approximate surface area is 181 Å². The van der Waals surface area contributed by atoms with Crippen LogP contribution >= 0.6 is 0 Å². The molecule has 4 aromatic rings. The van der Waals surface area contributed by atoms with Gasteiger partial charge in [-0.3, -0.25) is 5.10 Å². The summed E-state index contributed by atoms with van der Waals surface area (Å²) in [5.41, 5.74) is 4.18. The predicted molar refractivity (Wildman–Crippen MR) is 122 cm³/mol. The number of H-pyrrole nitrogens is 1. The summed E-state index contributed by atoms with van der Waals surface area (Å²) in [7, 11) is 3.69. The van der Waals surface area contributed by atoms with Crippen LogP contribution in [0, 0.1) is 0 Å². The van der Waals surface area contributed by atoms with E-state index in [0.29, 0.717) is 13.0 Å². The monoisotopic (exact) mass is 417 g/mol. The fourth-order valence-electron chi connectivity index (χ4n) is 3.65. The van der Waals surface area contributed by atoms with Crippen molar-refractivity contribution >= 4 is 16.7 Å². The summed E-state index contributed by atoms with van der Waals surface area (Å²) in [5.74, 6) is 2.54. The maximum absolute atomic E-state index is 9.27. The van der Waals surface area contributed by atoms with E-state index in [0.717, 1.165) is 52.3 Å². The molecule has 31 heavy (non-hydrogen) atoms. The molecule has 160 valence electrons. The number of methoxy groups -OCH3 is 1. The highest BCUT2D eigenvalue weighted by Crippen LogP contribution is 2.29. The molecular weight excluding hydrogens is 390 g/mol. The Balaban J connectivity index is 1.68. The number of aliphatic hydroxyl groups is 1. The van der Waals surface area contributed by atoms with Crippen LogP contribution < -0.4 is 9.64 Å². The second kappa shape index (κ2) is 9.57. The van der Waals surface area contributed by atoms with Gasteiger partial charge in [-0.15, -0.1) is 0 Å². The van der Waals surface area contributed by atoms with Crippen molar-refractivity contribution in [3.8, 4) is 16.9 Å².